The molecule has 0 aliphatic heterocycles. The Morgan fingerprint density at radius 2 is 1.74 bits per heavy atom. The van der Waals surface area contributed by atoms with Crippen LogP contribution in [0, 0.1) is 0 Å². The van der Waals surface area contributed by atoms with Gasteiger partial charge in [-0.15, -0.1) is 11.3 Å². The summed E-state index contributed by atoms with van der Waals surface area (Å²) in [4.78, 5) is 0. The summed E-state index contributed by atoms with van der Waals surface area (Å²) in [6.45, 7) is 0. The van der Waals surface area contributed by atoms with Crippen LogP contribution < -0.4 is 0 Å². The Labute approximate surface area is 120 Å². The molecular weight excluding hydrogens is 276 g/mol. The minimum absolute atomic E-state index is 0.240. The van der Waals surface area contributed by atoms with Crippen molar-refractivity contribution < 1.29 is 10.2 Å². The van der Waals surface area contributed by atoms with Gasteiger partial charge >= 0.3 is 0 Å². The van der Waals surface area contributed by atoms with E-state index >= 15 is 0 Å². The van der Waals surface area contributed by atoms with E-state index < -0.39 is 12.2 Å². The van der Waals surface area contributed by atoms with Crippen molar-refractivity contribution in [3.63, 3.8) is 0 Å². The normalized spacial score (nSPS) is 14.9. The molecule has 2 N–H and O–H groups in total. The van der Waals surface area contributed by atoms with E-state index in [1.807, 2.05) is 30.3 Å². The number of aliphatic hydroxyl groups is 2. The van der Waals surface area contributed by atoms with Gasteiger partial charge in [0.2, 0.25) is 0 Å². The predicted molar refractivity (Wildman–Crippen MR) is 84.2 cm³/mol. The van der Waals surface area contributed by atoms with Gasteiger partial charge < -0.3 is 10.2 Å². The van der Waals surface area contributed by atoms with Gasteiger partial charge in [0.15, 0.2) is 0 Å². The van der Waals surface area contributed by atoms with Crippen molar-refractivity contribution in [1.82, 2.24) is 0 Å². The van der Waals surface area contributed by atoms with Gasteiger partial charge in [0.1, 0.15) is 6.10 Å². The van der Waals surface area contributed by atoms with Gasteiger partial charge in [-0.2, -0.15) is 12.6 Å². The second-order valence-electron chi connectivity index (χ2n) is 4.55. The number of aliphatic hydroxyl groups excluding tert-OH is 2. The molecule has 2 unspecified atom stereocenters. The third kappa shape index (κ3) is 2.25. The molecule has 0 aliphatic carbocycles. The lowest BCUT2D eigenvalue weighted by Crippen LogP contribution is -2.19. The Kier molecular flexibility index (Phi) is 3.50. The molecule has 2 nitrogen and oxygen atoms in total. The van der Waals surface area contributed by atoms with Crippen LogP contribution in [-0.4, -0.2) is 22.1 Å². The monoisotopic (exact) mass is 290 g/mol. The number of rotatable bonds is 3. The minimum atomic E-state index is -0.888. The zero-order chi connectivity index (χ0) is 13.4. The minimum Gasteiger partial charge on any atom is -0.389 e. The molecule has 0 fully saturated rings. The zero-order valence-corrected chi connectivity index (χ0v) is 11.9. The quantitative estimate of drug-likeness (QED) is 0.647. The molecule has 2 aromatic carbocycles. The fourth-order valence-corrected chi connectivity index (χ4v) is 3.54. The number of thiophene rings is 1. The molecule has 4 heteroatoms. The van der Waals surface area contributed by atoms with E-state index in [-0.39, 0.29) is 5.75 Å². The summed E-state index contributed by atoms with van der Waals surface area (Å²) >= 11 is 5.75. The van der Waals surface area contributed by atoms with Crippen molar-refractivity contribution in [2.24, 2.45) is 0 Å². The third-order valence-corrected chi connectivity index (χ3v) is 4.82. The Balaban J connectivity index is 2.16. The highest BCUT2D eigenvalue weighted by molar-refractivity contribution is 7.80. The van der Waals surface area contributed by atoms with E-state index in [1.165, 1.54) is 14.8 Å². The van der Waals surface area contributed by atoms with Gasteiger partial charge in [0.05, 0.1) is 6.10 Å². The lowest BCUT2D eigenvalue weighted by molar-refractivity contribution is 0.0338. The number of benzene rings is 2. The van der Waals surface area contributed by atoms with E-state index in [2.05, 4.69) is 24.8 Å². The molecule has 2 atom stereocenters. The van der Waals surface area contributed by atoms with Gasteiger partial charge in [-0.25, -0.2) is 0 Å². The van der Waals surface area contributed by atoms with Gasteiger partial charge in [-0.05, 0) is 23.8 Å². The molecule has 1 aromatic heterocycles. The average molecular weight is 290 g/mol. The number of hydrogen-bond acceptors (Lipinski definition) is 4. The van der Waals surface area contributed by atoms with Crippen LogP contribution >= 0.6 is 24.0 Å². The first-order chi connectivity index (χ1) is 9.20. The lowest BCUT2D eigenvalue weighted by atomic mass is 10.0. The van der Waals surface area contributed by atoms with Crippen LogP contribution in [0.3, 0.4) is 0 Å². The SMILES string of the molecule is OC(CS)C(O)c1ccc2sc3ccccc3c2c1. The van der Waals surface area contributed by atoms with Crippen molar-refractivity contribution in [1.29, 1.82) is 0 Å². The smallest absolute Gasteiger partial charge is 0.106 e. The average Bonchev–Trinajstić information content (AvgIpc) is 2.83. The Hall–Kier alpha value is -1.07. The van der Waals surface area contributed by atoms with Crippen molar-refractivity contribution in [3.8, 4) is 0 Å². The maximum absolute atomic E-state index is 10.1. The van der Waals surface area contributed by atoms with E-state index in [0.29, 0.717) is 0 Å². The molecule has 0 radical (unpaired) electrons. The van der Waals surface area contributed by atoms with Crippen molar-refractivity contribution in [2.45, 2.75) is 12.2 Å². The summed E-state index contributed by atoms with van der Waals surface area (Å²) < 4.78 is 2.43. The molecular formula is C15H14O2S2. The first kappa shape index (κ1) is 12.9. The van der Waals surface area contributed by atoms with Crippen LogP contribution in [0.1, 0.15) is 11.7 Å². The van der Waals surface area contributed by atoms with Crippen LogP contribution in [0.4, 0.5) is 0 Å². The van der Waals surface area contributed by atoms with Gasteiger partial charge in [0.25, 0.3) is 0 Å². The highest BCUT2D eigenvalue weighted by atomic mass is 32.1. The zero-order valence-electron chi connectivity index (χ0n) is 10.2. The fraction of sp³-hybridized carbons (Fsp3) is 0.200. The highest BCUT2D eigenvalue weighted by Gasteiger charge is 2.17. The summed E-state index contributed by atoms with van der Waals surface area (Å²) in [7, 11) is 0. The van der Waals surface area contributed by atoms with Crippen LogP contribution in [-0.2, 0) is 0 Å². The number of thiol groups is 1. The van der Waals surface area contributed by atoms with Crippen molar-refractivity contribution in [3.05, 3.63) is 48.0 Å². The molecule has 3 rings (SSSR count). The van der Waals surface area contributed by atoms with E-state index in [0.717, 1.165) is 10.9 Å². The summed E-state index contributed by atoms with van der Waals surface area (Å²) in [5.74, 6) is 0.240. The Bertz CT molecular complexity index is 720. The molecule has 19 heavy (non-hydrogen) atoms. The highest BCUT2D eigenvalue weighted by Crippen LogP contribution is 2.35. The molecule has 3 aromatic rings. The van der Waals surface area contributed by atoms with Gasteiger partial charge in [0, 0.05) is 25.9 Å². The standard InChI is InChI=1S/C15H14O2S2/c16-12(8-18)15(17)9-5-6-14-11(7-9)10-3-1-2-4-13(10)19-14/h1-7,12,15-18H,8H2. The predicted octanol–water partition coefficient (Wildman–Crippen LogP) is 3.38. The molecule has 0 bridgehead atoms. The maximum atomic E-state index is 10.1. The van der Waals surface area contributed by atoms with E-state index in [1.54, 1.807) is 11.3 Å². The second-order valence-corrected chi connectivity index (χ2v) is 6.00. The number of hydrogen-bond donors (Lipinski definition) is 3. The molecule has 98 valence electrons. The molecule has 0 spiro atoms. The molecule has 0 saturated heterocycles. The van der Waals surface area contributed by atoms with Gasteiger partial charge in [-0.1, -0.05) is 24.3 Å². The summed E-state index contributed by atoms with van der Waals surface area (Å²) in [5, 5.41) is 22.1. The lowest BCUT2D eigenvalue weighted by Gasteiger charge is -2.16. The third-order valence-electron chi connectivity index (χ3n) is 3.29. The molecule has 0 amide bonds. The molecule has 0 saturated carbocycles. The summed E-state index contributed by atoms with van der Waals surface area (Å²) in [6, 6.07) is 14.1. The summed E-state index contributed by atoms with van der Waals surface area (Å²) in [6.07, 6.45) is -1.73. The van der Waals surface area contributed by atoms with Crippen LogP contribution in [0.15, 0.2) is 42.5 Å². The fourth-order valence-electron chi connectivity index (χ4n) is 2.25. The van der Waals surface area contributed by atoms with Crippen LogP contribution in [0.25, 0.3) is 20.2 Å². The van der Waals surface area contributed by atoms with E-state index in [9.17, 15) is 10.2 Å². The van der Waals surface area contributed by atoms with Crippen LogP contribution in [0.5, 0.6) is 0 Å². The van der Waals surface area contributed by atoms with E-state index in [4.69, 9.17) is 0 Å². The van der Waals surface area contributed by atoms with Crippen molar-refractivity contribution >= 4 is 44.1 Å². The molecule has 0 aliphatic rings. The number of fused-ring (bicyclic) bond motifs is 3. The first-order valence-electron chi connectivity index (χ1n) is 6.09. The topological polar surface area (TPSA) is 40.5 Å². The Morgan fingerprint density at radius 1 is 1.00 bits per heavy atom. The summed E-state index contributed by atoms with van der Waals surface area (Å²) in [5.41, 5.74) is 0.734. The largest absolute Gasteiger partial charge is 0.389 e. The van der Waals surface area contributed by atoms with Crippen molar-refractivity contribution in [2.75, 3.05) is 5.75 Å². The molecule has 1 heterocycles. The van der Waals surface area contributed by atoms with Crippen LogP contribution in [0.2, 0.25) is 0 Å². The second kappa shape index (κ2) is 5.13. The Morgan fingerprint density at radius 3 is 2.53 bits per heavy atom. The van der Waals surface area contributed by atoms with Gasteiger partial charge in [-0.3, -0.25) is 0 Å². The maximum Gasteiger partial charge on any atom is 0.106 e. The first-order valence-corrected chi connectivity index (χ1v) is 7.54.